The SMILES string of the molecule is CCOC(=O)c1ccc(N=Cc2ccc3c(ccn3Cc3cccc(F)c3)c2)cc1. The van der Waals surface area contributed by atoms with Gasteiger partial charge in [-0.25, -0.2) is 9.18 Å². The van der Waals surface area contributed by atoms with E-state index >= 15 is 0 Å². The molecule has 0 fully saturated rings. The van der Waals surface area contributed by atoms with Crippen LogP contribution in [-0.2, 0) is 11.3 Å². The highest BCUT2D eigenvalue weighted by Crippen LogP contribution is 2.20. The number of rotatable bonds is 6. The standard InChI is InChI=1S/C25H21FN2O2/c1-2-30-25(29)20-7-9-23(10-8-20)27-16-18-6-11-24-21(14-18)12-13-28(24)17-19-4-3-5-22(26)15-19/h3-16H,2,17H2,1H3. The smallest absolute Gasteiger partial charge is 0.338 e. The van der Waals surface area contributed by atoms with Crippen LogP contribution in [0.15, 0.2) is 84.0 Å². The Bertz CT molecular complexity index is 1210. The van der Waals surface area contributed by atoms with E-state index in [0.717, 1.165) is 27.7 Å². The maximum absolute atomic E-state index is 13.4. The minimum atomic E-state index is -0.332. The number of benzene rings is 3. The van der Waals surface area contributed by atoms with Crippen molar-refractivity contribution in [3.05, 3.63) is 102 Å². The number of hydrogen-bond donors (Lipinski definition) is 0. The lowest BCUT2D eigenvalue weighted by Gasteiger charge is -2.06. The minimum Gasteiger partial charge on any atom is -0.462 e. The van der Waals surface area contributed by atoms with Crippen molar-refractivity contribution in [3.63, 3.8) is 0 Å². The van der Waals surface area contributed by atoms with Gasteiger partial charge in [-0.05, 0) is 72.6 Å². The molecule has 150 valence electrons. The number of fused-ring (bicyclic) bond motifs is 1. The number of ether oxygens (including phenoxy) is 1. The van der Waals surface area contributed by atoms with E-state index < -0.39 is 0 Å². The number of carbonyl (C=O) groups excluding carboxylic acids is 1. The lowest BCUT2D eigenvalue weighted by atomic mass is 10.1. The summed E-state index contributed by atoms with van der Waals surface area (Å²) >= 11 is 0. The quantitative estimate of drug-likeness (QED) is 0.305. The summed E-state index contributed by atoms with van der Waals surface area (Å²) in [7, 11) is 0. The van der Waals surface area contributed by atoms with Crippen molar-refractivity contribution in [2.24, 2.45) is 4.99 Å². The minimum absolute atomic E-state index is 0.224. The van der Waals surface area contributed by atoms with E-state index in [1.165, 1.54) is 6.07 Å². The first kappa shape index (κ1) is 19.6. The monoisotopic (exact) mass is 400 g/mol. The molecule has 0 N–H and O–H groups in total. The predicted molar refractivity (Wildman–Crippen MR) is 117 cm³/mol. The molecule has 0 bridgehead atoms. The first-order chi connectivity index (χ1) is 14.6. The second-order valence-corrected chi connectivity index (χ2v) is 6.92. The lowest BCUT2D eigenvalue weighted by molar-refractivity contribution is 0.0526. The molecule has 0 unspecified atom stereocenters. The van der Waals surface area contributed by atoms with Crippen LogP contribution in [0.4, 0.5) is 10.1 Å². The van der Waals surface area contributed by atoms with E-state index in [1.54, 1.807) is 49.5 Å². The van der Waals surface area contributed by atoms with Gasteiger partial charge in [-0.15, -0.1) is 0 Å². The Balaban J connectivity index is 1.49. The molecular weight excluding hydrogens is 379 g/mol. The highest BCUT2D eigenvalue weighted by Gasteiger charge is 2.06. The van der Waals surface area contributed by atoms with E-state index in [4.69, 9.17) is 4.74 Å². The Morgan fingerprint density at radius 2 is 1.90 bits per heavy atom. The molecule has 0 saturated heterocycles. The van der Waals surface area contributed by atoms with Gasteiger partial charge in [-0.1, -0.05) is 18.2 Å². The van der Waals surface area contributed by atoms with Gasteiger partial charge in [0.15, 0.2) is 0 Å². The second-order valence-electron chi connectivity index (χ2n) is 6.92. The zero-order chi connectivity index (χ0) is 20.9. The van der Waals surface area contributed by atoms with Crippen molar-refractivity contribution in [1.29, 1.82) is 0 Å². The number of nitrogens with zero attached hydrogens (tertiary/aromatic N) is 2. The summed E-state index contributed by atoms with van der Waals surface area (Å²) in [4.78, 5) is 16.2. The zero-order valence-electron chi connectivity index (χ0n) is 16.6. The van der Waals surface area contributed by atoms with Crippen molar-refractivity contribution in [2.75, 3.05) is 6.61 Å². The van der Waals surface area contributed by atoms with Gasteiger partial charge < -0.3 is 9.30 Å². The first-order valence-electron chi connectivity index (χ1n) is 9.77. The summed E-state index contributed by atoms with van der Waals surface area (Å²) in [6.07, 6.45) is 3.80. The third-order valence-corrected chi connectivity index (χ3v) is 4.78. The van der Waals surface area contributed by atoms with Crippen molar-refractivity contribution in [2.45, 2.75) is 13.5 Å². The Hall–Kier alpha value is -3.73. The van der Waals surface area contributed by atoms with Crippen LogP contribution in [-0.4, -0.2) is 23.4 Å². The summed E-state index contributed by atoms with van der Waals surface area (Å²) in [5.74, 6) is -0.556. The fourth-order valence-corrected chi connectivity index (χ4v) is 3.32. The van der Waals surface area contributed by atoms with Crippen LogP contribution in [0.3, 0.4) is 0 Å². The molecular formula is C25H21FN2O2. The van der Waals surface area contributed by atoms with Gasteiger partial charge in [-0.3, -0.25) is 4.99 Å². The second kappa shape index (κ2) is 8.74. The molecule has 5 heteroatoms. The molecule has 0 aliphatic carbocycles. The van der Waals surface area contributed by atoms with Crippen LogP contribution in [0.2, 0.25) is 0 Å². The molecule has 4 aromatic rings. The van der Waals surface area contributed by atoms with Crippen molar-refractivity contribution in [1.82, 2.24) is 4.57 Å². The van der Waals surface area contributed by atoms with Crippen molar-refractivity contribution < 1.29 is 13.9 Å². The van der Waals surface area contributed by atoms with Crippen LogP contribution in [0.1, 0.15) is 28.4 Å². The Labute approximate surface area is 174 Å². The predicted octanol–water partition coefficient (Wildman–Crippen LogP) is 5.76. The summed E-state index contributed by atoms with van der Waals surface area (Å²) < 4.78 is 20.5. The summed E-state index contributed by atoms with van der Waals surface area (Å²) in [5.41, 5.74) is 4.24. The fourth-order valence-electron chi connectivity index (χ4n) is 3.32. The number of esters is 1. The third-order valence-electron chi connectivity index (χ3n) is 4.78. The molecule has 0 atom stereocenters. The molecule has 0 saturated carbocycles. The topological polar surface area (TPSA) is 43.6 Å². The van der Waals surface area contributed by atoms with E-state index in [9.17, 15) is 9.18 Å². The number of halogens is 1. The number of aromatic nitrogens is 1. The van der Waals surface area contributed by atoms with Gasteiger partial charge in [0.05, 0.1) is 17.9 Å². The third kappa shape index (κ3) is 4.46. The van der Waals surface area contributed by atoms with E-state index in [2.05, 4.69) is 15.6 Å². The summed E-state index contributed by atoms with van der Waals surface area (Å²) in [6, 6.07) is 21.8. The van der Waals surface area contributed by atoms with E-state index in [1.807, 2.05) is 30.5 Å². The van der Waals surface area contributed by atoms with Gasteiger partial charge in [0, 0.05) is 29.9 Å². The first-order valence-corrected chi connectivity index (χ1v) is 9.77. The Morgan fingerprint density at radius 3 is 2.67 bits per heavy atom. The molecule has 30 heavy (non-hydrogen) atoms. The Kier molecular flexibility index (Phi) is 5.70. The van der Waals surface area contributed by atoms with Crippen LogP contribution in [0.5, 0.6) is 0 Å². The van der Waals surface area contributed by atoms with Gasteiger partial charge >= 0.3 is 5.97 Å². The maximum atomic E-state index is 13.4. The normalized spacial score (nSPS) is 11.3. The molecule has 0 amide bonds. The number of aliphatic imine (C=N–C) groups is 1. The molecule has 1 heterocycles. The van der Waals surface area contributed by atoms with E-state index in [-0.39, 0.29) is 11.8 Å². The summed E-state index contributed by atoms with van der Waals surface area (Å²) in [5, 5.41) is 1.09. The Morgan fingerprint density at radius 1 is 1.07 bits per heavy atom. The van der Waals surface area contributed by atoms with Gasteiger partial charge in [0.25, 0.3) is 0 Å². The highest BCUT2D eigenvalue weighted by atomic mass is 19.1. The maximum Gasteiger partial charge on any atom is 0.338 e. The van der Waals surface area contributed by atoms with Gasteiger partial charge in [0.2, 0.25) is 0 Å². The molecule has 0 radical (unpaired) electrons. The largest absolute Gasteiger partial charge is 0.462 e. The van der Waals surface area contributed by atoms with E-state index in [0.29, 0.717) is 18.7 Å². The van der Waals surface area contributed by atoms with Crippen LogP contribution in [0, 0.1) is 5.82 Å². The lowest BCUT2D eigenvalue weighted by Crippen LogP contribution is -2.03. The van der Waals surface area contributed by atoms with Crippen LogP contribution in [0.25, 0.3) is 10.9 Å². The van der Waals surface area contributed by atoms with Crippen molar-refractivity contribution in [3.8, 4) is 0 Å². The molecule has 0 aliphatic heterocycles. The fraction of sp³-hybridized carbons (Fsp3) is 0.120. The molecule has 0 aliphatic rings. The molecule has 4 nitrogen and oxygen atoms in total. The van der Waals surface area contributed by atoms with Gasteiger partial charge in [-0.2, -0.15) is 0 Å². The van der Waals surface area contributed by atoms with Crippen molar-refractivity contribution >= 4 is 28.8 Å². The number of hydrogen-bond acceptors (Lipinski definition) is 3. The molecule has 4 rings (SSSR count). The van der Waals surface area contributed by atoms with Gasteiger partial charge in [0.1, 0.15) is 5.82 Å². The summed E-state index contributed by atoms with van der Waals surface area (Å²) in [6.45, 7) is 2.75. The van der Waals surface area contributed by atoms with Crippen LogP contribution >= 0.6 is 0 Å². The molecule has 0 spiro atoms. The zero-order valence-corrected chi connectivity index (χ0v) is 16.6. The highest BCUT2D eigenvalue weighted by molar-refractivity contribution is 5.91. The van der Waals surface area contributed by atoms with Crippen LogP contribution < -0.4 is 0 Å². The number of carbonyl (C=O) groups is 1. The molecule has 1 aromatic heterocycles. The average molecular weight is 400 g/mol. The molecule has 3 aromatic carbocycles. The average Bonchev–Trinajstić information content (AvgIpc) is 3.15.